The highest BCUT2D eigenvalue weighted by molar-refractivity contribution is 5.88. The molecule has 2 aromatic heterocycles. The Hall–Kier alpha value is -5.41. The van der Waals surface area contributed by atoms with Gasteiger partial charge in [-0.1, -0.05) is 109 Å². The summed E-state index contributed by atoms with van der Waals surface area (Å²) in [6, 6.07) is 46.4. The lowest BCUT2D eigenvalue weighted by Crippen LogP contribution is -1.97. The maximum Gasteiger partial charge on any atom is 0.159 e. The van der Waals surface area contributed by atoms with Crippen LogP contribution >= 0.6 is 0 Å². The molecule has 7 rings (SSSR count). The topological polar surface area (TPSA) is 38.7 Å². The van der Waals surface area contributed by atoms with Gasteiger partial charge in [-0.05, 0) is 57.3 Å². The van der Waals surface area contributed by atoms with Crippen LogP contribution in [0.3, 0.4) is 0 Å². The predicted molar refractivity (Wildman–Crippen MR) is 165 cm³/mol. The highest BCUT2D eigenvalue weighted by atomic mass is 14.9. The summed E-state index contributed by atoms with van der Waals surface area (Å²) < 4.78 is 0. The number of benzene rings is 5. The highest BCUT2D eigenvalue weighted by Crippen LogP contribution is 2.36. The quantitative estimate of drug-likeness (QED) is 0.231. The van der Waals surface area contributed by atoms with E-state index in [-0.39, 0.29) is 0 Å². The Bertz CT molecular complexity index is 1950. The van der Waals surface area contributed by atoms with Crippen LogP contribution in [0.25, 0.3) is 66.8 Å². The van der Waals surface area contributed by atoms with E-state index in [4.69, 9.17) is 9.97 Å². The molecule has 0 aliphatic heterocycles. The van der Waals surface area contributed by atoms with Crippen LogP contribution in [0.1, 0.15) is 0 Å². The summed E-state index contributed by atoms with van der Waals surface area (Å²) in [6.45, 7) is 0. The van der Waals surface area contributed by atoms with E-state index >= 15 is 0 Å². The van der Waals surface area contributed by atoms with E-state index < -0.39 is 0 Å². The largest absolute Gasteiger partial charge is 0.264 e. The van der Waals surface area contributed by atoms with Gasteiger partial charge < -0.3 is 0 Å². The van der Waals surface area contributed by atoms with Crippen molar-refractivity contribution in [1.29, 1.82) is 0 Å². The van der Waals surface area contributed by atoms with Crippen LogP contribution in [-0.4, -0.2) is 15.0 Å². The van der Waals surface area contributed by atoms with Crippen LogP contribution in [0.15, 0.2) is 152 Å². The number of fused-ring (bicyclic) bond motifs is 1. The van der Waals surface area contributed by atoms with Crippen molar-refractivity contribution in [1.82, 2.24) is 15.0 Å². The lowest BCUT2D eigenvalue weighted by Gasteiger charge is -2.14. The molecule has 5 aromatic carbocycles. The first-order chi connectivity index (χ1) is 19.8. The molecule has 0 unspecified atom stereocenters. The first kappa shape index (κ1) is 23.7. The van der Waals surface area contributed by atoms with E-state index in [2.05, 4.69) is 126 Å². The van der Waals surface area contributed by atoms with Gasteiger partial charge in [0.2, 0.25) is 0 Å². The predicted octanol–water partition coefficient (Wildman–Crippen LogP) is 9.36. The van der Waals surface area contributed by atoms with Crippen molar-refractivity contribution in [3.63, 3.8) is 0 Å². The van der Waals surface area contributed by atoms with Crippen molar-refractivity contribution in [3.05, 3.63) is 152 Å². The Kier molecular flexibility index (Phi) is 6.15. The molecule has 3 nitrogen and oxygen atoms in total. The molecule has 3 heteroatoms. The Labute approximate surface area is 233 Å². The van der Waals surface area contributed by atoms with Gasteiger partial charge >= 0.3 is 0 Å². The van der Waals surface area contributed by atoms with E-state index in [1.807, 2.05) is 24.5 Å². The Morgan fingerprint density at radius 1 is 0.400 bits per heavy atom. The summed E-state index contributed by atoms with van der Waals surface area (Å²) in [5.41, 5.74) is 9.50. The monoisotopic (exact) mass is 511 g/mol. The van der Waals surface area contributed by atoms with Crippen LogP contribution in [0.4, 0.5) is 0 Å². The minimum atomic E-state index is 0.707. The second-order valence-corrected chi connectivity index (χ2v) is 9.79. The molecule has 0 bridgehead atoms. The van der Waals surface area contributed by atoms with E-state index in [0.29, 0.717) is 5.82 Å². The Morgan fingerprint density at radius 3 is 1.90 bits per heavy atom. The third kappa shape index (κ3) is 4.65. The molecule has 0 spiro atoms. The van der Waals surface area contributed by atoms with E-state index in [9.17, 15) is 0 Å². The molecule has 0 saturated heterocycles. The minimum absolute atomic E-state index is 0.707. The average Bonchev–Trinajstić information content (AvgIpc) is 3.05. The first-order valence-electron chi connectivity index (χ1n) is 13.3. The molecule has 0 saturated carbocycles. The number of rotatable bonds is 5. The number of hydrogen-bond donors (Lipinski definition) is 0. The lowest BCUT2D eigenvalue weighted by atomic mass is 9.95. The second kappa shape index (κ2) is 10.4. The second-order valence-electron chi connectivity index (χ2n) is 9.79. The third-order valence-corrected chi connectivity index (χ3v) is 7.21. The van der Waals surface area contributed by atoms with Crippen LogP contribution in [-0.2, 0) is 0 Å². The number of aromatic nitrogens is 3. The Morgan fingerprint density at radius 2 is 1.07 bits per heavy atom. The molecule has 0 fully saturated rings. The maximum atomic E-state index is 5.21. The molecule has 0 atom stereocenters. The van der Waals surface area contributed by atoms with Crippen molar-refractivity contribution in [2.24, 2.45) is 0 Å². The Balaban J connectivity index is 1.40. The summed E-state index contributed by atoms with van der Waals surface area (Å²) >= 11 is 0. The third-order valence-electron chi connectivity index (χ3n) is 7.21. The summed E-state index contributed by atoms with van der Waals surface area (Å²) in [4.78, 5) is 14.4. The van der Waals surface area contributed by atoms with Gasteiger partial charge in [-0.2, -0.15) is 0 Å². The molecule has 0 radical (unpaired) electrons. The molecular weight excluding hydrogens is 486 g/mol. The minimum Gasteiger partial charge on any atom is -0.264 e. The number of nitrogens with zero attached hydrogens (tertiary/aromatic N) is 3. The summed E-state index contributed by atoms with van der Waals surface area (Å²) in [5.74, 6) is 0.707. The van der Waals surface area contributed by atoms with Crippen molar-refractivity contribution < 1.29 is 0 Å². The molecule has 0 aliphatic carbocycles. The van der Waals surface area contributed by atoms with Crippen LogP contribution < -0.4 is 0 Å². The van der Waals surface area contributed by atoms with Gasteiger partial charge in [0.1, 0.15) is 0 Å². The number of hydrogen-bond acceptors (Lipinski definition) is 3. The molecular formula is C37H25N3. The molecule has 188 valence electrons. The average molecular weight is 512 g/mol. The van der Waals surface area contributed by atoms with Crippen LogP contribution in [0, 0.1) is 0 Å². The van der Waals surface area contributed by atoms with Crippen molar-refractivity contribution >= 4 is 10.8 Å². The van der Waals surface area contributed by atoms with Gasteiger partial charge in [-0.25, -0.2) is 9.97 Å². The zero-order valence-corrected chi connectivity index (χ0v) is 21.8. The molecule has 0 amide bonds. The fourth-order valence-corrected chi connectivity index (χ4v) is 5.16. The first-order valence-corrected chi connectivity index (χ1v) is 13.3. The normalized spacial score (nSPS) is 11.0. The summed E-state index contributed by atoms with van der Waals surface area (Å²) in [6.07, 6.45) is 5.65. The molecule has 0 N–H and O–H groups in total. The lowest BCUT2D eigenvalue weighted by molar-refractivity contribution is 1.18. The zero-order valence-electron chi connectivity index (χ0n) is 21.8. The fraction of sp³-hybridized carbons (Fsp3) is 0. The number of pyridine rings is 1. The highest BCUT2D eigenvalue weighted by Gasteiger charge is 2.15. The van der Waals surface area contributed by atoms with Gasteiger partial charge in [-0.3, -0.25) is 4.98 Å². The van der Waals surface area contributed by atoms with Gasteiger partial charge in [-0.15, -0.1) is 0 Å². The standard InChI is InChI=1S/C37H25N3/c1-2-9-26(10-3-1)29-13-7-16-32(22-29)36-35(31-15-6-14-30(21-31)34-17-8-20-38-24-34)25-39-37(40-36)33-19-18-27-11-4-5-12-28(27)23-33/h1-25H. The van der Waals surface area contributed by atoms with Crippen molar-refractivity contribution in [2.45, 2.75) is 0 Å². The van der Waals surface area contributed by atoms with Crippen molar-refractivity contribution in [2.75, 3.05) is 0 Å². The maximum absolute atomic E-state index is 5.21. The molecule has 7 aromatic rings. The van der Waals surface area contributed by atoms with E-state index in [0.717, 1.165) is 44.6 Å². The van der Waals surface area contributed by atoms with E-state index in [1.165, 1.54) is 16.3 Å². The van der Waals surface area contributed by atoms with Gasteiger partial charge in [0.25, 0.3) is 0 Å². The molecule has 0 aliphatic rings. The summed E-state index contributed by atoms with van der Waals surface area (Å²) in [5, 5.41) is 2.37. The van der Waals surface area contributed by atoms with E-state index in [1.54, 1.807) is 6.20 Å². The van der Waals surface area contributed by atoms with Crippen LogP contribution in [0.5, 0.6) is 0 Å². The van der Waals surface area contributed by atoms with Gasteiger partial charge in [0.15, 0.2) is 5.82 Å². The zero-order chi connectivity index (χ0) is 26.7. The van der Waals surface area contributed by atoms with Crippen LogP contribution in [0.2, 0.25) is 0 Å². The fourth-order valence-electron chi connectivity index (χ4n) is 5.16. The van der Waals surface area contributed by atoms with Crippen molar-refractivity contribution in [3.8, 4) is 56.0 Å². The summed E-state index contributed by atoms with van der Waals surface area (Å²) in [7, 11) is 0. The van der Waals surface area contributed by atoms with Gasteiger partial charge in [0, 0.05) is 40.8 Å². The SMILES string of the molecule is c1ccc(-c2cccc(-c3nc(-c4ccc5ccccc5c4)ncc3-c3cccc(-c4cccnc4)c3)c2)cc1. The smallest absolute Gasteiger partial charge is 0.159 e. The molecule has 2 heterocycles. The van der Waals surface area contributed by atoms with Gasteiger partial charge in [0.05, 0.1) is 5.69 Å². The molecule has 40 heavy (non-hydrogen) atoms.